The number of anilines is 1. The van der Waals surface area contributed by atoms with Gasteiger partial charge in [-0.15, -0.1) is 11.8 Å². The SMILES string of the molecule is CCOc1ccccc1N(CC(=O)N[C@@H](C)c1ccc(C)cc1)S(=O)(=O)c1ccc(SC)cc1. The second-order valence-electron chi connectivity index (χ2n) is 7.79. The van der Waals surface area contributed by atoms with Crippen LogP contribution in [-0.4, -0.2) is 33.7 Å². The summed E-state index contributed by atoms with van der Waals surface area (Å²) in [4.78, 5) is 14.1. The lowest BCUT2D eigenvalue weighted by Crippen LogP contribution is -2.41. The number of sulfonamides is 1. The first-order chi connectivity index (χ1) is 16.3. The molecule has 1 atom stereocenters. The van der Waals surface area contributed by atoms with Gasteiger partial charge in [0.1, 0.15) is 12.3 Å². The van der Waals surface area contributed by atoms with Crippen LogP contribution >= 0.6 is 11.8 Å². The second kappa shape index (κ2) is 11.4. The van der Waals surface area contributed by atoms with Gasteiger partial charge in [-0.1, -0.05) is 42.0 Å². The molecule has 34 heavy (non-hydrogen) atoms. The number of thioether (sulfide) groups is 1. The van der Waals surface area contributed by atoms with E-state index in [1.807, 2.05) is 51.3 Å². The van der Waals surface area contributed by atoms with Gasteiger partial charge < -0.3 is 10.1 Å². The summed E-state index contributed by atoms with van der Waals surface area (Å²) in [5, 5.41) is 2.92. The Hall–Kier alpha value is -2.97. The molecule has 6 nitrogen and oxygen atoms in total. The molecule has 0 aliphatic rings. The van der Waals surface area contributed by atoms with Crippen molar-refractivity contribution in [3.8, 4) is 5.75 Å². The number of carbonyl (C=O) groups excluding carboxylic acids is 1. The van der Waals surface area contributed by atoms with Gasteiger partial charge in [-0.25, -0.2) is 8.42 Å². The Morgan fingerprint density at radius 3 is 2.29 bits per heavy atom. The second-order valence-corrected chi connectivity index (χ2v) is 10.5. The Labute approximate surface area is 206 Å². The fourth-order valence-electron chi connectivity index (χ4n) is 3.47. The molecule has 0 saturated carbocycles. The molecule has 8 heteroatoms. The van der Waals surface area contributed by atoms with E-state index in [0.29, 0.717) is 18.0 Å². The zero-order valence-electron chi connectivity index (χ0n) is 19.8. The van der Waals surface area contributed by atoms with Gasteiger partial charge in [-0.3, -0.25) is 9.10 Å². The van der Waals surface area contributed by atoms with E-state index in [-0.39, 0.29) is 17.5 Å². The van der Waals surface area contributed by atoms with E-state index in [9.17, 15) is 13.2 Å². The Kier molecular flexibility index (Phi) is 8.63. The van der Waals surface area contributed by atoms with E-state index in [1.54, 1.807) is 48.5 Å². The standard InChI is InChI=1S/C26H30N2O4S2/c1-5-32-25-9-7-6-8-24(25)28(34(30,31)23-16-14-22(33-4)15-17-23)18-26(29)27-20(3)21-12-10-19(2)11-13-21/h6-17,20H,5,18H2,1-4H3,(H,27,29)/t20-/m0/s1. The number of nitrogens with zero attached hydrogens (tertiary/aromatic N) is 1. The fraction of sp³-hybridized carbons (Fsp3) is 0.269. The smallest absolute Gasteiger partial charge is 0.264 e. The summed E-state index contributed by atoms with van der Waals surface area (Å²) in [6.45, 7) is 5.68. The Morgan fingerprint density at radius 1 is 1.03 bits per heavy atom. The lowest BCUT2D eigenvalue weighted by Gasteiger charge is -2.26. The summed E-state index contributed by atoms with van der Waals surface area (Å²) < 4.78 is 34.2. The number of amides is 1. The molecule has 0 bridgehead atoms. The highest BCUT2D eigenvalue weighted by Gasteiger charge is 2.30. The van der Waals surface area contributed by atoms with Crippen molar-refractivity contribution in [1.29, 1.82) is 0 Å². The minimum atomic E-state index is -4.04. The molecular formula is C26H30N2O4S2. The van der Waals surface area contributed by atoms with Crippen LogP contribution in [-0.2, 0) is 14.8 Å². The molecule has 3 aromatic rings. The van der Waals surface area contributed by atoms with Gasteiger partial charge in [-0.2, -0.15) is 0 Å². The van der Waals surface area contributed by atoms with Crippen LogP contribution in [0.5, 0.6) is 5.75 Å². The molecule has 0 spiro atoms. The summed E-state index contributed by atoms with van der Waals surface area (Å²) in [6, 6.07) is 21.1. The molecule has 0 radical (unpaired) electrons. The quantitative estimate of drug-likeness (QED) is 0.390. The molecule has 3 rings (SSSR count). The van der Waals surface area contributed by atoms with Crippen molar-refractivity contribution >= 4 is 33.4 Å². The van der Waals surface area contributed by atoms with Crippen molar-refractivity contribution < 1.29 is 17.9 Å². The van der Waals surface area contributed by atoms with Crippen molar-refractivity contribution in [2.45, 2.75) is 36.6 Å². The molecule has 1 amide bonds. The number of benzene rings is 3. The summed E-state index contributed by atoms with van der Waals surface area (Å²) in [5.41, 5.74) is 2.38. The lowest BCUT2D eigenvalue weighted by molar-refractivity contribution is -0.120. The topological polar surface area (TPSA) is 75.7 Å². The van der Waals surface area contributed by atoms with E-state index < -0.39 is 15.9 Å². The monoisotopic (exact) mass is 498 g/mol. The average molecular weight is 499 g/mol. The maximum Gasteiger partial charge on any atom is 0.264 e. The van der Waals surface area contributed by atoms with E-state index in [4.69, 9.17) is 4.74 Å². The Morgan fingerprint density at radius 2 is 1.68 bits per heavy atom. The Balaban J connectivity index is 1.94. The number of para-hydroxylation sites is 2. The van der Waals surface area contributed by atoms with Crippen molar-refractivity contribution in [2.24, 2.45) is 0 Å². The molecule has 0 fully saturated rings. The molecule has 0 aliphatic heterocycles. The summed E-state index contributed by atoms with van der Waals surface area (Å²) in [7, 11) is -4.04. The van der Waals surface area contributed by atoms with E-state index >= 15 is 0 Å². The molecule has 1 N–H and O–H groups in total. The largest absolute Gasteiger partial charge is 0.492 e. The summed E-state index contributed by atoms with van der Waals surface area (Å²) in [5.74, 6) is -0.0163. The molecular weight excluding hydrogens is 468 g/mol. The average Bonchev–Trinajstić information content (AvgIpc) is 2.83. The molecule has 0 unspecified atom stereocenters. The summed E-state index contributed by atoms with van der Waals surface area (Å²) in [6.07, 6.45) is 1.92. The fourth-order valence-corrected chi connectivity index (χ4v) is 5.31. The lowest BCUT2D eigenvalue weighted by atomic mass is 10.1. The highest BCUT2D eigenvalue weighted by atomic mass is 32.2. The van der Waals surface area contributed by atoms with Crippen molar-refractivity contribution in [2.75, 3.05) is 23.7 Å². The highest BCUT2D eigenvalue weighted by Crippen LogP contribution is 2.33. The maximum atomic E-state index is 13.7. The number of hydrogen-bond acceptors (Lipinski definition) is 5. The van der Waals surface area contributed by atoms with E-state index in [2.05, 4.69) is 5.32 Å². The Bertz CT molecular complexity index is 1210. The molecule has 0 aliphatic carbocycles. The number of ether oxygens (including phenoxy) is 1. The third-order valence-corrected chi connectivity index (χ3v) is 7.84. The third kappa shape index (κ3) is 6.12. The minimum absolute atomic E-state index is 0.107. The predicted octanol–water partition coefficient (Wildman–Crippen LogP) is 5.19. The zero-order valence-corrected chi connectivity index (χ0v) is 21.4. The van der Waals surface area contributed by atoms with Crippen molar-refractivity contribution in [1.82, 2.24) is 5.32 Å². The van der Waals surface area contributed by atoms with Crippen molar-refractivity contribution in [3.05, 3.63) is 83.9 Å². The van der Waals surface area contributed by atoms with E-state index in [1.165, 1.54) is 11.8 Å². The van der Waals surface area contributed by atoms with Crippen LogP contribution in [0.2, 0.25) is 0 Å². The highest BCUT2D eigenvalue weighted by molar-refractivity contribution is 7.98. The zero-order chi connectivity index (χ0) is 24.7. The van der Waals surface area contributed by atoms with Crippen molar-refractivity contribution in [3.63, 3.8) is 0 Å². The first-order valence-electron chi connectivity index (χ1n) is 11.0. The summed E-state index contributed by atoms with van der Waals surface area (Å²) >= 11 is 1.53. The predicted molar refractivity (Wildman–Crippen MR) is 138 cm³/mol. The van der Waals surface area contributed by atoms with Gasteiger partial charge in [0.05, 0.1) is 23.2 Å². The van der Waals surface area contributed by atoms with Crippen LogP contribution in [0.3, 0.4) is 0 Å². The molecule has 3 aromatic carbocycles. The number of aryl methyl sites for hydroxylation is 1. The van der Waals surface area contributed by atoms with Gasteiger partial charge in [0.15, 0.2) is 0 Å². The van der Waals surface area contributed by atoms with Crippen LogP contribution in [0.1, 0.15) is 31.0 Å². The first kappa shape index (κ1) is 25.6. The van der Waals surface area contributed by atoms with Gasteiger partial charge in [0.2, 0.25) is 5.91 Å². The van der Waals surface area contributed by atoms with Crippen LogP contribution in [0, 0.1) is 6.92 Å². The molecule has 0 aromatic heterocycles. The van der Waals surface area contributed by atoms with Gasteiger partial charge in [-0.05, 0) is 69.0 Å². The number of nitrogens with one attached hydrogen (secondary N) is 1. The first-order valence-corrected chi connectivity index (χ1v) is 13.7. The van der Waals surface area contributed by atoms with Gasteiger partial charge >= 0.3 is 0 Å². The normalized spacial score (nSPS) is 12.1. The number of hydrogen-bond donors (Lipinski definition) is 1. The third-order valence-electron chi connectivity index (χ3n) is 5.32. The maximum absolute atomic E-state index is 13.7. The van der Waals surface area contributed by atoms with E-state index in [0.717, 1.165) is 20.3 Å². The van der Waals surface area contributed by atoms with Crippen LogP contribution in [0.25, 0.3) is 0 Å². The molecule has 0 heterocycles. The van der Waals surface area contributed by atoms with Crippen LogP contribution in [0.4, 0.5) is 5.69 Å². The minimum Gasteiger partial charge on any atom is -0.492 e. The van der Waals surface area contributed by atoms with Gasteiger partial charge in [0, 0.05) is 4.90 Å². The molecule has 0 saturated heterocycles. The van der Waals surface area contributed by atoms with Crippen LogP contribution < -0.4 is 14.4 Å². The van der Waals surface area contributed by atoms with Gasteiger partial charge in [0.25, 0.3) is 10.0 Å². The number of carbonyl (C=O) groups is 1. The number of rotatable bonds is 10. The molecule has 180 valence electrons. The van der Waals surface area contributed by atoms with Crippen LogP contribution in [0.15, 0.2) is 82.6 Å².